The summed E-state index contributed by atoms with van der Waals surface area (Å²) in [5.41, 5.74) is 4.52. The summed E-state index contributed by atoms with van der Waals surface area (Å²) >= 11 is 1.55. The number of pyridine rings is 1. The summed E-state index contributed by atoms with van der Waals surface area (Å²) in [7, 11) is 2.06. The first-order valence-corrected chi connectivity index (χ1v) is 14.6. The van der Waals surface area contributed by atoms with Crippen LogP contribution >= 0.6 is 11.3 Å². The summed E-state index contributed by atoms with van der Waals surface area (Å²) in [4.78, 5) is 37.3. The maximum absolute atomic E-state index is 12.9. The summed E-state index contributed by atoms with van der Waals surface area (Å²) in [6.45, 7) is 11.3. The topological polar surface area (TPSA) is 78.0 Å². The number of benzene rings is 2. The number of carbonyl (C=O) groups is 2. The van der Waals surface area contributed by atoms with Gasteiger partial charge < -0.3 is 24.8 Å². The van der Waals surface area contributed by atoms with Crippen molar-refractivity contribution in [2.24, 2.45) is 0 Å². The number of fused-ring (bicyclic) bond motifs is 5. The number of rotatable bonds is 2. The monoisotopic (exact) mass is 557 g/mol. The van der Waals surface area contributed by atoms with E-state index in [2.05, 4.69) is 70.7 Å². The molecule has 40 heavy (non-hydrogen) atoms. The van der Waals surface area contributed by atoms with Crippen LogP contribution in [0.4, 0.5) is 16.2 Å². The highest BCUT2D eigenvalue weighted by atomic mass is 32.1. The Bertz CT molecular complexity index is 1600. The first-order valence-electron chi connectivity index (χ1n) is 13.8. The van der Waals surface area contributed by atoms with Gasteiger partial charge in [-0.15, -0.1) is 11.3 Å². The number of thiophene rings is 1. The molecule has 2 aromatic carbocycles. The lowest BCUT2D eigenvalue weighted by Crippen LogP contribution is -2.50. The fraction of sp³-hybridized carbons (Fsp3) is 0.387. The maximum atomic E-state index is 12.9. The number of likely N-dealkylation sites (N-methyl/N-ethyl adjacent to an activating group) is 1. The van der Waals surface area contributed by atoms with Crippen molar-refractivity contribution >= 4 is 55.7 Å². The number of hydrogen-bond donors (Lipinski definition) is 1. The van der Waals surface area contributed by atoms with Crippen LogP contribution < -0.4 is 15.1 Å². The number of anilines is 2. The highest BCUT2D eigenvalue weighted by Gasteiger charge is 2.28. The van der Waals surface area contributed by atoms with Crippen LogP contribution in [0.5, 0.6) is 0 Å². The molecule has 2 aliphatic heterocycles. The van der Waals surface area contributed by atoms with Gasteiger partial charge in [-0.1, -0.05) is 12.1 Å². The molecule has 9 heteroatoms. The molecule has 0 bridgehead atoms. The quantitative estimate of drug-likeness (QED) is 0.339. The number of carbonyl (C=O) groups excluding carboxylic acids is 2. The van der Waals surface area contributed by atoms with Crippen LogP contribution in [-0.4, -0.2) is 73.3 Å². The largest absolute Gasteiger partial charge is 0.444 e. The third kappa shape index (κ3) is 4.94. The second-order valence-electron chi connectivity index (χ2n) is 11.7. The van der Waals surface area contributed by atoms with Crippen molar-refractivity contribution in [3.05, 3.63) is 53.4 Å². The number of ether oxygens (including phenoxy) is 1. The summed E-state index contributed by atoms with van der Waals surface area (Å²) in [5.74, 6) is -0.00266. The Morgan fingerprint density at radius 3 is 2.45 bits per heavy atom. The number of nitrogens with zero attached hydrogens (tertiary/aromatic N) is 4. The lowest BCUT2D eigenvalue weighted by Gasteiger charge is -2.36. The molecular weight excluding hydrogens is 522 g/mol. The van der Waals surface area contributed by atoms with Crippen LogP contribution in [-0.2, 0) is 4.74 Å². The van der Waals surface area contributed by atoms with Gasteiger partial charge in [0.1, 0.15) is 10.5 Å². The normalized spacial score (nSPS) is 18.1. The predicted molar refractivity (Wildman–Crippen MR) is 163 cm³/mol. The van der Waals surface area contributed by atoms with Gasteiger partial charge in [0.2, 0.25) is 0 Å². The van der Waals surface area contributed by atoms with E-state index in [0.717, 1.165) is 68.1 Å². The second kappa shape index (κ2) is 9.96. The molecule has 0 unspecified atom stereocenters. The highest BCUT2D eigenvalue weighted by molar-refractivity contribution is 7.21. The number of hydrogen-bond acceptors (Lipinski definition) is 7. The van der Waals surface area contributed by atoms with E-state index in [-0.39, 0.29) is 18.0 Å². The zero-order chi connectivity index (χ0) is 28.2. The molecule has 2 amide bonds. The van der Waals surface area contributed by atoms with Gasteiger partial charge in [0.25, 0.3) is 5.91 Å². The van der Waals surface area contributed by atoms with E-state index in [1.54, 1.807) is 16.2 Å². The molecule has 2 aliphatic rings. The molecule has 1 saturated heterocycles. The van der Waals surface area contributed by atoms with Gasteiger partial charge in [0.05, 0.1) is 16.9 Å². The van der Waals surface area contributed by atoms with Crippen LogP contribution in [0.1, 0.15) is 37.4 Å². The second-order valence-corrected chi connectivity index (χ2v) is 12.8. The minimum Gasteiger partial charge on any atom is -0.444 e. The maximum Gasteiger partial charge on any atom is 0.410 e. The third-order valence-corrected chi connectivity index (χ3v) is 8.61. The lowest BCUT2D eigenvalue weighted by molar-refractivity contribution is 0.0240. The highest BCUT2D eigenvalue weighted by Crippen LogP contribution is 2.43. The van der Waals surface area contributed by atoms with Crippen LogP contribution in [0.15, 0.2) is 48.5 Å². The fourth-order valence-corrected chi connectivity index (χ4v) is 6.79. The summed E-state index contributed by atoms with van der Waals surface area (Å²) in [6, 6.07) is 16.9. The van der Waals surface area contributed by atoms with E-state index in [9.17, 15) is 9.59 Å². The van der Waals surface area contributed by atoms with Crippen molar-refractivity contribution in [1.82, 2.24) is 15.2 Å². The van der Waals surface area contributed by atoms with Crippen LogP contribution in [0.3, 0.4) is 0 Å². The third-order valence-electron chi connectivity index (χ3n) is 7.47. The smallest absolute Gasteiger partial charge is 0.410 e. The predicted octanol–water partition coefficient (Wildman–Crippen LogP) is 5.74. The van der Waals surface area contributed by atoms with Crippen LogP contribution in [0.2, 0.25) is 0 Å². The SMILES string of the molecule is C[C@@H]1CN(C)c2c(sc3ccc4nc(-c5ccc(N6CCN(C(=O)OC(C)(C)C)CC6)cc5)ccc4c23)C(=O)N1. The fourth-order valence-electron chi connectivity index (χ4n) is 5.62. The average molecular weight is 558 g/mol. The van der Waals surface area contributed by atoms with Crippen molar-refractivity contribution < 1.29 is 14.3 Å². The molecule has 8 nitrogen and oxygen atoms in total. The molecule has 1 N–H and O–H groups in total. The average Bonchev–Trinajstić information content (AvgIpc) is 3.28. The van der Waals surface area contributed by atoms with Crippen molar-refractivity contribution in [1.29, 1.82) is 0 Å². The number of piperazine rings is 1. The first kappa shape index (κ1) is 26.4. The molecule has 0 saturated carbocycles. The lowest BCUT2D eigenvalue weighted by atomic mass is 10.1. The Balaban J connectivity index is 1.23. The molecule has 208 valence electrons. The minimum atomic E-state index is -0.485. The van der Waals surface area contributed by atoms with E-state index in [4.69, 9.17) is 9.72 Å². The molecule has 4 heterocycles. The number of nitrogens with one attached hydrogen (secondary N) is 1. The molecule has 1 fully saturated rings. The Morgan fingerprint density at radius 2 is 1.75 bits per heavy atom. The molecule has 2 aromatic heterocycles. The molecule has 0 aliphatic carbocycles. The Hall–Kier alpha value is -3.85. The van der Waals surface area contributed by atoms with Crippen molar-refractivity contribution in [2.75, 3.05) is 49.6 Å². The van der Waals surface area contributed by atoms with Gasteiger partial charge in [0.15, 0.2) is 0 Å². The van der Waals surface area contributed by atoms with Gasteiger partial charge in [-0.05, 0) is 64.1 Å². The van der Waals surface area contributed by atoms with E-state index in [1.807, 2.05) is 27.7 Å². The van der Waals surface area contributed by atoms with E-state index in [0.29, 0.717) is 13.1 Å². The molecule has 4 aromatic rings. The molecule has 6 rings (SSSR count). The van der Waals surface area contributed by atoms with Crippen molar-refractivity contribution in [3.63, 3.8) is 0 Å². The van der Waals surface area contributed by atoms with Crippen molar-refractivity contribution in [2.45, 2.75) is 39.3 Å². The summed E-state index contributed by atoms with van der Waals surface area (Å²) in [6.07, 6.45) is -0.245. The molecular formula is C31H35N5O3S. The van der Waals surface area contributed by atoms with E-state index in [1.165, 1.54) is 0 Å². The van der Waals surface area contributed by atoms with E-state index >= 15 is 0 Å². The molecule has 0 spiro atoms. The van der Waals surface area contributed by atoms with Gasteiger partial charge in [-0.25, -0.2) is 9.78 Å². The molecule has 0 radical (unpaired) electrons. The Morgan fingerprint density at radius 1 is 1.02 bits per heavy atom. The summed E-state index contributed by atoms with van der Waals surface area (Å²) in [5, 5.41) is 5.26. The van der Waals surface area contributed by atoms with Gasteiger partial charge in [-0.3, -0.25) is 4.79 Å². The van der Waals surface area contributed by atoms with E-state index < -0.39 is 5.60 Å². The minimum absolute atomic E-state index is 0.00266. The zero-order valence-electron chi connectivity index (χ0n) is 23.7. The first-order chi connectivity index (χ1) is 19.1. The Kier molecular flexibility index (Phi) is 6.57. The van der Waals surface area contributed by atoms with Gasteiger partial charge >= 0.3 is 6.09 Å². The zero-order valence-corrected chi connectivity index (χ0v) is 24.5. The number of amides is 2. The number of aromatic nitrogens is 1. The van der Waals surface area contributed by atoms with Gasteiger partial charge in [0, 0.05) is 72.5 Å². The molecule has 1 atom stereocenters. The van der Waals surface area contributed by atoms with Crippen LogP contribution in [0, 0.1) is 0 Å². The van der Waals surface area contributed by atoms with Gasteiger partial charge in [-0.2, -0.15) is 0 Å². The Labute approximate surface area is 238 Å². The van der Waals surface area contributed by atoms with Crippen LogP contribution in [0.25, 0.3) is 32.2 Å². The summed E-state index contributed by atoms with van der Waals surface area (Å²) < 4.78 is 6.62. The standard InChI is InChI=1S/C31H35N5O3S/c1-19-18-34(5)27-26-22-10-11-23(33-24(22)12-13-25(26)40-28(27)29(37)32-19)20-6-8-21(9-7-20)35-14-16-36(17-15-35)30(38)39-31(2,3)4/h6-13,19H,14-18H2,1-5H3,(H,32,37)/t19-/m1/s1. The van der Waals surface area contributed by atoms with Crippen molar-refractivity contribution in [3.8, 4) is 11.3 Å².